The highest BCUT2D eigenvalue weighted by Crippen LogP contribution is 2.32. The Labute approximate surface area is 105 Å². The minimum Gasteiger partial charge on any atom is -0.469 e. The summed E-state index contributed by atoms with van der Waals surface area (Å²) in [6.45, 7) is 4.82. The Bertz CT molecular complexity index is 272. The van der Waals surface area contributed by atoms with Crippen molar-refractivity contribution in [2.75, 3.05) is 7.11 Å². The van der Waals surface area contributed by atoms with E-state index in [1.54, 1.807) is 13.8 Å². The van der Waals surface area contributed by atoms with Crippen LogP contribution in [0.25, 0.3) is 0 Å². The molecular weight excluding hydrogens is 249 g/mol. The summed E-state index contributed by atoms with van der Waals surface area (Å²) in [5, 5.41) is 10.2. The average molecular weight is 270 g/mol. The zero-order chi connectivity index (χ0) is 14.6. The molecule has 0 bridgehead atoms. The number of alkyl halides is 3. The third kappa shape index (κ3) is 5.71. The van der Waals surface area contributed by atoms with Crippen LogP contribution in [-0.2, 0) is 9.53 Å². The molecule has 0 spiro atoms. The number of hydrogen-bond acceptors (Lipinski definition) is 3. The van der Waals surface area contributed by atoms with Gasteiger partial charge in [-0.1, -0.05) is 13.8 Å². The largest absolute Gasteiger partial charge is 0.469 e. The summed E-state index contributed by atoms with van der Waals surface area (Å²) >= 11 is 0. The molecule has 0 heterocycles. The van der Waals surface area contributed by atoms with Crippen molar-refractivity contribution in [3.63, 3.8) is 0 Å². The zero-order valence-corrected chi connectivity index (χ0v) is 11.2. The second-order valence-corrected chi connectivity index (χ2v) is 5.07. The third-order valence-corrected chi connectivity index (χ3v) is 2.93. The van der Waals surface area contributed by atoms with Gasteiger partial charge in [0.2, 0.25) is 0 Å². The summed E-state index contributed by atoms with van der Waals surface area (Å²) in [5.74, 6) is -1.63. The SMILES string of the molecule is COC(=O)C(C(C)C)C(C)(O)CCCC(F)(F)F. The van der Waals surface area contributed by atoms with Gasteiger partial charge >= 0.3 is 12.1 Å². The summed E-state index contributed by atoms with van der Waals surface area (Å²) in [6, 6.07) is 0. The highest BCUT2D eigenvalue weighted by molar-refractivity contribution is 5.73. The normalized spacial score (nSPS) is 17.4. The van der Waals surface area contributed by atoms with Crippen molar-refractivity contribution in [3.8, 4) is 0 Å². The molecule has 0 saturated heterocycles. The van der Waals surface area contributed by atoms with Crippen LogP contribution in [0.1, 0.15) is 40.0 Å². The molecule has 2 atom stereocenters. The molecule has 0 radical (unpaired) electrons. The van der Waals surface area contributed by atoms with Crippen LogP contribution < -0.4 is 0 Å². The fourth-order valence-electron chi connectivity index (χ4n) is 2.17. The van der Waals surface area contributed by atoms with Crippen LogP contribution >= 0.6 is 0 Å². The first-order valence-electron chi connectivity index (χ1n) is 5.88. The zero-order valence-electron chi connectivity index (χ0n) is 11.2. The van der Waals surface area contributed by atoms with Gasteiger partial charge in [-0.2, -0.15) is 13.2 Å². The fraction of sp³-hybridized carbons (Fsp3) is 0.917. The van der Waals surface area contributed by atoms with Crippen LogP contribution in [0.15, 0.2) is 0 Å². The van der Waals surface area contributed by atoms with Gasteiger partial charge in [-0.3, -0.25) is 4.79 Å². The summed E-state index contributed by atoms with van der Waals surface area (Å²) in [5.41, 5.74) is -1.49. The lowest BCUT2D eigenvalue weighted by atomic mass is 9.78. The minimum atomic E-state index is -4.24. The van der Waals surface area contributed by atoms with Gasteiger partial charge in [0.25, 0.3) is 0 Å². The standard InChI is InChI=1S/C12H21F3O3/c1-8(2)9(10(16)18-4)11(3,17)6-5-7-12(13,14)15/h8-9,17H,5-7H2,1-4H3. The molecule has 1 N–H and O–H groups in total. The van der Waals surface area contributed by atoms with Gasteiger partial charge in [0.15, 0.2) is 0 Å². The topological polar surface area (TPSA) is 46.5 Å². The summed E-state index contributed by atoms with van der Waals surface area (Å²) in [7, 11) is 1.20. The number of methoxy groups -OCH3 is 1. The number of carbonyl (C=O) groups excluding carboxylic acids is 1. The molecule has 0 fully saturated rings. The van der Waals surface area contributed by atoms with Crippen molar-refractivity contribution in [1.82, 2.24) is 0 Å². The minimum absolute atomic E-state index is 0.0928. The number of ether oxygens (including phenoxy) is 1. The Balaban J connectivity index is 4.61. The van der Waals surface area contributed by atoms with Crippen LogP contribution in [-0.4, -0.2) is 30.0 Å². The summed E-state index contributed by atoms with van der Waals surface area (Å²) in [6.07, 6.45) is -5.51. The van der Waals surface area contributed by atoms with E-state index in [2.05, 4.69) is 4.74 Å². The number of esters is 1. The first-order valence-corrected chi connectivity index (χ1v) is 5.88. The summed E-state index contributed by atoms with van der Waals surface area (Å²) < 4.78 is 40.7. The van der Waals surface area contributed by atoms with Crippen molar-refractivity contribution in [3.05, 3.63) is 0 Å². The molecule has 0 saturated carbocycles. The van der Waals surface area contributed by atoms with E-state index in [1.807, 2.05) is 0 Å². The summed E-state index contributed by atoms with van der Waals surface area (Å²) in [4.78, 5) is 11.6. The van der Waals surface area contributed by atoms with Crippen molar-refractivity contribution in [1.29, 1.82) is 0 Å². The van der Waals surface area contributed by atoms with Gasteiger partial charge < -0.3 is 9.84 Å². The van der Waals surface area contributed by atoms with E-state index in [0.717, 1.165) is 0 Å². The van der Waals surface area contributed by atoms with E-state index in [4.69, 9.17) is 0 Å². The van der Waals surface area contributed by atoms with Crippen LogP contribution in [0.5, 0.6) is 0 Å². The second kappa shape index (κ2) is 6.41. The molecule has 3 nitrogen and oxygen atoms in total. The molecule has 0 aliphatic carbocycles. The second-order valence-electron chi connectivity index (χ2n) is 5.07. The van der Waals surface area contributed by atoms with Crippen LogP contribution in [0.3, 0.4) is 0 Å². The van der Waals surface area contributed by atoms with Gasteiger partial charge in [0, 0.05) is 6.42 Å². The van der Waals surface area contributed by atoms with Crippen molar-refractivity contribution < 1.29 is 27.8 Å². The monoisotopic (exact) mass is 270 g/mol. The van der Waals surface area contributed by atoms with E-state index in [-0.39, 0.29) is 18.8 Å². The maximum Gasteiger partial charge on any atom is 0.389 e. The lowest BCUT2D eigenvalue weighted by Gasteiger charge is -2.33. The number of halogens is 3. The molecule has 0 aromatic rings. The van der Waals surface area contributed by atoms with Gasteiger partial charge in [-0.15, -0.1) is 0 Å². The average Bonchev–Trinajstić information content (AvgIpc) is 2.13. The molecule has 0 amide bonds. The molecule has 18 heavy (non-hydrogen) atoms. The third-order valence-electron chi connectivity index (χ3n) is 2.93. The molecule has 108 valence electrons. The lowest BCUT2D eigenvalue weighted by molar-refractivity contribution is -0.160. The number of aliphatic hydroxyl groups is 1. The van der Waals surface area contributed by atoms with E-state index in [1.165, 1.54) is 14.0 Å². The first kappa shape index (κ1) is 17.2. The van der Waals surface area contributed by atoms with Gasteiger partial charge in [0.05, 0.1) is 18.6 Å². The Morgan fingerprint density at radius 3 is 2.11 bits per heavy atom. The van der Waals surface area contributed by atoms with Gasteiger partial charge in [-0.05, 0) is 25.7 Å². The van der Waals surface area contributed by atoms with E-state index in [9.17, 15) is 23.1 Å². The number of hydrogen-bond donors (Lipinski definition) is 1. The molecule has 0 aliphatic heterocycles. The molecule has 0 aliphatic rings. The highest BCUT2D eigenvalue weighted by Gasteiger charge is 2.40. The number of carbonyl (C=O) groups is 1. The molecule has 6 heteroatoms. The van der Waals surface area contributed by atoms with Crippen LogP contribution in [0.2, 0.25) is 0 Å². The first-order chi connectivity index (χ1) is 8.01. The van der Waals surface area contributed by atoms with Crippen LogP contribution in [0.4, 0.5) is 13.2 Å². The Morgan fingerprint density at radius 2 is 1.78 bits per heavy atom. The van der Waals surface area contributed by atoms with E-state index < -0.39 is 30.1 Å². The Hall–Kier alpha value is -0.780. The Morgan fingerprint density at radius 1 is 1.28 bits per heavy atom. The van der Waals surface area contributed by atoms with E-state index in [0.29, 0.717) is 0 Å². The quantitative estimate of drug-likeness (QED) is 0.755. The maximum atomic E-state index is 12.0. The Kier molecular flexibility index (Phi) is 6.13. The molecule has 0 aromatic heterocycles. The molecule has 0 rings (SSSR count). The smallest absolute Gasteiger partial charge is 0.389 e. The molecular formula is C12H21F3O3. The van der Waals surface area contributed by atoms with Crippen molar-refractivity contribution in [2.24, 2.45) is 11.8 Å². The molecule has 0 aromatic carbocycles. The highest BCUT2D eigenvalue weighted by atomic mass is 19.4. The van der Waals surface area contributed by atoms with E-state index >= 15 is 0 Å². The number of rotatable bonds is 6. The predicted molar refractivity (Wildman–Crippen MR) is 60.9 cm³/mol. The van der Waals surface area contributed by atoms with Crippen molar-refractivity contribution in [2.45, 2.75) is 51.8 Å². The lowest BCUT2D eigenvalue weighted by Crippen LogP contribution is -2.43. The van der Waals surface area contributed by atoms with Crippen molar-refractivity contribution >= 4 is 5.97 Å². The predicted octanol–water partition coefficient (Wildman–Crippen LogP) is 2.92. The van der Waals surface area contributed by atoms with Crippen LogP contribution in [0, 0.1) is 11.8 Å². The maximum absolute atomic E-state index is 12.0. The fourth-order valence-corrected chi connectivity index (χ4v) is 2.17. The van der Waals surface area contributed by atoms with Gasteiger partial charge in [0.1, 0.15) is 0 Å². The van der Waals surface area contributed by atoms with Gasteiger partial charge in [-0.25, -0.2) is 0 Å². The molecule has 2 unspecified atom stereocenters.